The first-order chi connectivity index (χ1) is 13.1. The Morgan fingerprint density at radius 3 is 2.78 bits per heavy atom. The summed E-state index contributed by atoms with van der Waals surface area (Å²) in [5.41, 5.74) is 2.64. The van der Waals surface area contributed by atoms with Gasteiger partial charge in [0, 0.05) is 37.7 Å². The highest BCUT2D eigenvalue weighted by atomic mass is 32.2. The Kier molecular flexibility index (Phi) is 5.57. The van der Waals surface area contributed by atoms with Crippen LogP contribution in [0.15, 0.2) is 41.4 Å². The molecule has 1 aromatic carbocycles. The van der Waals surface area contributed by atoms with Crippen molar-refractivity contribution in [3.8, 4) is 11.6 Å². The molecule has 27 heavy (non-hydrogen) atoms. The molecule has 0 saturated carbocycles. The molecule has 1 saturated heterocycles. The number of rotatable bonds is 5. The Labute approximate surface area is 163 Å². The van der Waals surface area contributed by atoms with Gasteiger partial charge < -0.3 is 14.0 Å². The minimum Gasteiger partial charge on any atom is -0.612 e. The van der Waals surface area contributed by atoms with Crippen molar-refractivity contribution >= 4 is 11.2 Å². The minimum absolute atomic E-state index is 0.183. The summed E-state index contributed by atoms with van der Waals surface area (Å²) in [6.07, 6.45) is 6.46. The molecule has 2 aliphatic rings. The lowest BCUT2D eigenvalue weighted by atomic mass is 10.00. The number of nitrogens with zero attached hydrogens (tertiary/aromatic N) is 2. The number of benzene rings is 1. The lowest BCUT2D eigenvalue weighted by molar-refractivity contribution is 0.0767. The molecule has 144 valence electrons. The van der Waals surface area contributed by atoms with Crippen molar-refractivity contribution in [2.45, 2.75) is 43.2 Å². The van der Waals surface area contributed by atoms with Gasteiger partial charge in [0.1, 0.15) is 18.1 Å². The zero-order valence-electron chi connectivity index (χ0n) is 15.9. The molecule has 5 nitrogen and oxygen atoms in total. The summed E-state index contributed by atoms with van der Waals surface area (Å²) < 4.78 is 23.2. The van der Waals surface area contributed by atoms with E-state index in [1.807, 2.05) is 12.1 Å². The van der Waals surface area contributed by atoms with Crippen molar-refractivity contribution in [2.75, 3.05) is 26.0 Å². The molecule has 0 bridgehead atoms. The summed E-state index contributed by atoms with van der Waals surface area (Å²) in [6.45, 7) is 5.07. The third kappa shape index (κ3) is 4.23. The smallest absolute Gasteiger partial charge is 0.213 e. The van der Waals surface area contributed by atoms with Crippen LogP contribution in [0.25, 0.3) is 0 Å². The van der Waals surface area contributed by atoms with Crippen LogP contribution >= 0.6 is 0 Å². The molecular weight excluding hydrogens is 360 g/mol. The minimum atomic E-state index is -1.01. The Morgan fingerprint density at radius 1 is 1.26 bits per heavy atom. The molecule has 0 amide bonds. The SMILES string of the molecule is CC(c1ccc2c(c1)OCC2)N1CCC(Oc2ccc([S+](C)[O-])cn2)CC1. The zero-order valence-corrected chi connectivity index (χ0v) is 16.7. The molecule has 1 fully saturated rings. The number of piperidine rings is 1. The van der Waals surface area contributed by atoms with E-state index in [4.69, 9.17) is 9.47 Å². The summed E-state index contributed by atoms with van der Waals surface area (Å²) in [7, 11) is 0. The van der Waals surface area contributed by atoms with Gasteiger partial charge in [0.2, 0.25) is 5.88 Å². The standard InChI is InChI=1S/C21H26N2O3S/c1-15(17-4-3-16-9-12-25-20(16)13-17)23-10-7-18(8-11-23)26-21-6-5-19(14-22-21)27(2)24/h3-6,13-15,18H,7-12H2,1-2H3. The fourth-order valence-corrected chi connectivity index (χ4v) is 4.27. The van der Waals surface area contributed by atoms with Gasteiger partial charge in [-0.2, -0.15) is 0 Å². The van der Waals surface area contributed by atoms with Gasteiger partial charge in [-0.25, -0.2) is 4.98 Å². The molecule has 0 aliphatic carbocycles. The molecule has 1 aromatic heterocycles. The van der Waals surface area contributed by atoms with Crippen LogP contribution in [0.1, 0.15) is 36.9 Å². The second-order valence-corrected chi connectivity index (χ2v) is 8.66. The third-order valence-electron chi connectivity index (χ3n) is 5.56. The van der Waals surface area contributed by atoms with Crippen LogP contribution in [0.2, 0.25) is 0 Å². The van der Waals surface area contributed by atoms with E-state index in [2.05, 4.69) is 35.0 Å². The van der Waals surface area contributed by atoms with Gasteiger partial charge in [0.15, 0.2) is 4.90 Å². The van der Waals surface area contributed by atoms with Crippen molar-refractivity contribution in [3.05, 3.63) is 47.7 Å². The molecule has 2 aliphatic heterocycles. The number of pyridine rings is 1. The predicted octanol–water partition coefficient (Wildman–Crippen LogP) is 3.36. The summed E-state index contributed by atoms with van der Waals surface area (Å²) in [6, 6.07) is 10.7. The molecule has 0 N–H and O–H groups in total. The van der Waals surface area contributed by atoms with E-state index in [1.165, 1.54) is 11.1 Å². The van der Waals surface area contributed by atoms with Gasteiger partial charge in [0.05, 0.1) is 12.8 Å². The van der Waals surface area contributed by atoms with Gasteiger partial charge in [-0.1, -0.05) is 12.1 Å². The fraction of sp³-hybridized carbons (Fsp3) is 0.476. The van der Waals surface area contributed by atoms with E-state index in [-0.39, 0.29) is 6.10 Å². The van der Waals surface area contributed by atoms with Crippen molar-refractivity contribution < 1.29 is 14.0 Å². The van der Waals surface area contributed by atoms with Crippen LogP contribution in [0, 0.1) is 0 Å². The highest BCUT2D eigenvalue weighted by Gasteiger charge is 2.26. The monoisotopic (exact) mass is 386 g/mol. The van der Waals surface area contributed by atoms with Gasteiger partial charge >= 0.3 is 0 Å². The second kappa shape index (κ2) is 8.09. The Bertz CT molecular complexity index is 773. The quantitative estimate of drug-likeness (QED) is 0.738. The van der Waals surface area contributed by atoms with Crippen molar-refractivity contribution in [2.24, 2.45) is 0 Å². The molecule has 6 heteroatoms. The summed E-state index contributed by atoms with van der Waals surface area (Å²) >= 11 is -1.01. The van der Waals surface area contributed by atoms with Crippen LogP contribution in [-0.2, 0) is 17.6 Å². The second-order valence-electron chi connectivity index (χ2n) is 7.28. The number of hydrogen-bond acceptors (Lipinski definition) is 5. The van der Waals surface area contributed by atoms with E-state index in [0.717, 1.165) is 49.6 Å². The molecule has 4 rings (SSSR count). The van der Waals surface area contributed by atoms with E-state index in [0.29, 0.717) is 11.9 Å². The van der Waals surface area contributed by atoms with Crippen LogP contribution in [0.3, 0.4) is 0 Å². The fourth-order valence-electron chi connectivity index (χ4n) is 3.81. The number of hydrogen-bond donors (Lipinski definition) is 0. The average molecular weight is 387 g/mol. The van der Waals surface area contributed by atoms with E-state index < -0.39 is 11.2 Å². The van der Waals surface area contributed by atoms with Gasteiger partial charge in [-0.3, -0.25) is 4.90 Å². The molecular formula is C21H26N2O3S. The maximum absolute atomic E-state index is 11.4. The Morgan fingerprint density at radius 2 is 2.07 bits per heavy atom. The van der Waals surface area contributed by atoms with Crippen LogP contribution in [0.5, 0.6) is 11.6 Å². The normalized spacial score (nSPS) is 20.0. The van der Waals surface area contributed by atoms with Crippen LogP contribution in [0.4, 0.5) is 0 Å². The lowest BCUT2D eigenvalue weighted by Gasteiger charge is -2.36. The van der Waals surface area contributed by atoms with Crippen molar-refractivity contribution in [1.82, 2.24) is 9.88 Å². The van der Waals surface area contributed by atoms with Crippen molar-refractivity contribution in [3.63, 3.8) is 0 Å². The van der Waals surface area contributed by atoms with E-state index in [1.54, 1.807) is 12.5 Å². The Balaban J connectivity index is 1.32. The number of aromatic nitrogens is 1. The maximum atomic E-state index is 11.4. The third-order valence-corrected chi connectivity index (χ3v) is 6.46. The van der Waals surface area contributed by atoms with Crippen molar-refractivity contribution in [1.29, 1.82) is 0 Å². The number of likely N-dealkylation sites (tertiary alicyclic amines) is 1. The van der Waals surface area contributed by atoms with Gasteiger partial charge in [-0.05, 0) is 48.1 Å². The molecule has 0 radical (unpaired) electrons. The molecule has 2 aromatic rings. The predicted molar refractivity (Wildman–Crippen MR) is 106 cm³/mol. The number of ether oxygens (including phenoxy) is 2. The average Bonchev–Trinajstić information content (AvgIpc) is 3.16. The molecule has 3 heterocycles. The summed E-state index contributed by atoms with van der Waals surface area (Å²) in [5.74, 6) is 1.67. The topological polar surface area (TPSA) is 57.7 Å². The summed E-state index contributed by atoms with van der Waals surface area (Å²) in [5, 5.41) is 0. The highest BCUT2D eigenvalue weighted by Crippen LogP contribution is 2.32. The van der Waals surface area contributed by atoms with Crippen LogP contribution in [-0.4, -0.2) is 46.5 Å². The van der Waals surface area contributed by atoms with Gasteiger partial charge in [0.25, 0.3) is 0 Å². The van der Waals surface area contributed by atoms with E-state index >= 15 is 0 Å². The maximum Gasteiger partial charge on any atom is 0.213 e. The lowest BCUT2D eigenvalue weighted by Crippen LogP contribution is -2.39. The molecule has 0 spiro atoms. The van der Waals surface area contributed by atoms with Crippen LogP contribution < -0.4 is 9.47 Å². The number of fused-ring (bicyclic) bond motifs is 1. The summed E-state index contributed by atoms with van der Waals surface area (Å²) in [4.78, 5) is 7.52. The van der Waals surface area contributed by atoms with E-state index in [9.17, 15) is 4.55 Å². The first kappa shape index (κ1) is 18.6. The Hall–Kier alpha value is -1.76. The molecule has 2 atom stereocenters. The largest absolute Gasteiger partial charge is 0.612 e. The highest BCUT2D eigenvalue weighted by molar-refractivity contribution is 7.90. The zero-order chi connectivity index (χ0) is 18.8. The van der Waals surface area contributed by atoms with Gasteiger partial charge in [-0.15, -0.1) is 0 Å². The first-order valence-electron chi connectivity index (χ1n) is 9.56. The first-order valence-corrected chi connectivity index (χ1v) is 11.1. The molecule has 2 unspecified atom stereocenters.